The van der Waals surface area contributed by atoms with Gasteiger partial charge in [0.2, 0.25) is 0 Å². The molecule has 2 aromatic rings. The number of aryl methyl sites for hydroxylation is 2. The molecule has 0 heterocycles. The van der Waals surface area contributed by atoms with Crippen LogP contribution in [0.3, 0.4) is 0 Å². The van der Waals surface area contributed by atoms with Crippen LogP contribution in [-0.4, -0.2) is 11.1 Å². The number of carboxylic acid groups (broad SMARTS) is 1. The molecular weight excluding hydrogens is 320 g/mol. The third-order valence-corrected chi connectivity index (χ3v) is 5.05. The topological polar surface area (TPSA) is 37.3 Å². The molecule has 0 aliphatic heterocycles. The van der Waals surface area contributed by atoms with Crippen molar-refractivity contribution in [2.45, 2.75) is 52.9 Å². The summed E-state index contributed by atoms with van der Waals surface area (Å²) in [7, 11) is 0. The van der Waals surface area contributed by atoms with Crippen molar-refractivity contribution in [3.8, 4) is 0 Å². The van der Waals surface area contributed by atoms with E-state index in [-0.39, 0.29) is 5.92 Å². The van der Waals surface area contributed by atoms with E-state index in [9.17, 15) is 9.90 Å². The maximum atomic E-state index is 11.7. The summed E-state index contributed by atoms with van der Waals surface area (Å²) in [5.74, 6) is -0.316. The zero-order valence-electron chi connectivity index (χ0n) is 15.0. The second-order valence-corrected chi connectivity index (χ2v) is 7.35. The predicted octanol–water partition coefficient (Wildman–Crippen LogP) is 6.12. The van der Waals surface area contributed by atoms with Crippen LogP contribution in [0.25, 0.3) is 0 Å². The maximum absolute atomic E-state index is 11.7. The van der Waals surface area contributed by atoms with Gasteiger partial charge in [-0.05, 0) is 72.1 Å². The lowest BCUT2D eigenvalue weighted by atomic mass is 9.87. The van der Waals surface area contributed by atoms with Crippen molar-refractivity contribution in [1.29, 1.82) is 0 Å². The molecule has 1 unspecified atom stereocenters. The lowest BCUT2D eigenvalue weighted by Crippen LogP contribution is -2.09. The molecule has 2 aromatic carbocycles. The first-order valence-electron chi connectivity index (χ1n) is 8.33. The van der Waals surface area contributed by atoms with E-state index in [1.807, 2.05) is 31.2 Å². The van der Waals surface area contributed by atoms with E-state index < -0.39 is 5.97 Å². The van der Waals surface area contributed by atoms with Crippen LogP contribution in [0.1, 0.15) is 70.8 Å². The third kappa shape index (κ3) is 3.99. The second kappa shape index (κ2) is 7.40. The third-order valence-electron chi connectivity index (χ3n) is 4.62. The monoisotopic (exact) mass is 344 g/mol. The van der Waals surface area contributed by atoms with Crippen LogP contribution < -0.4 is 0 Å². The first-order valence-corrected chi connectivity index (χ1v) is 8.71. The summed E-state index contributed by atoms with van der Waals surface area (Å²) >= 11 is 6.10. The van der Waals surface area contributed by atoms with Crippen molar-refractivity contribution in [2.24, 2.45) is 0 Å². The van der Waals surface area contributed by atoms with Gasteiger partial charge in [0.25, 0.3) is 0 Å². The summed E-state index contributed by atoms with van der Waals surface area (Å²) in [4.78, 5) is 11.7. The number of rotatable bonds is 5. The van der Waals surface area contributed by atoms with Gasteiger partial charge in [-0.2, -0.15) is 0 Å². The van der Waals surface area contributed by atoms with Gasteiger partial charge >= 0.3 is 5.97 Å². The highest BCUT2D eigenvalue weighted by molar-refractivity contribution is 6.31. The molecule has 128 valence electrons. The molecule has 2 rings (SSSR count). The van der Waals surface area contributed by atoms with Gasteiger partial charge in [-0.3, -0.25) is 0 Å². The fourth-order valence-electron chi connectivity index (χ4n) is 3.20. The molecule has 1 N–H and O–H groups in total. The Morgan fingerprint density at radius 2 is 1.75 bits per heavy atom. The first kappa shape index (κ1) is 18.5. The van der Waals surface area contributed by atoms with Crippen molar-refractivity contribution in [3.05, 3.63) is 68.7 Å². The molecule has 0 radical (unpaired) electrons. The molecule has 0 aliphatic carbocycles. The Morgan fingerprint density at radius 1 is 1.08 bits per heavy atom. The van der Waals surface area contributed by atoms with Crippen LogP contribution in [0.4, 0.5) is 0 Å². The van der Waals surface area contributed by atoms with E-state index in [0.717, 1.165) is 27.3 Å². The minimum Gasteiger partial charge on any atom is -0.478 e. The van der Waals surface area contributed by atoms with Crippen LogP contribution in [0.15, 0.2) is 30.3 Å². The molecule has 0 spiro atoms. The Morgan fingerprint density at radius 3 is 2.29 bits per heavy atom. The number of carboxylic acids is 1. The Labute approximate surface area is 149 Å². The highest BCUT2D eigenvalue weighted by Crippen LogP contribution is 2.29. The number of carbonyl (C=O) groups is 1. The van der Waals surface area contributed by atoms with Gasteiger partial charge in [-0.25, -0.2) is 4.79 Å². The number of halogens is 1. The maximum Gasteiger partial charge on any atom is 0.335 e. The van der Waals surface area contributed by atoms with Gasteiger partial charge < -0.3 is 5.11 Å². The summed E-state index contributed by atoms with van der Waals surface area (Å²) in [6.45, 7) is 10.4. The first-order chi connectivity index (χ1) is 11.2. The molecule has 0 saturated heterocycles. The smallest absolute Gasteiger partial charge is 0.335 e. The molecular formula is C21H25ClO2. The fraction of sp³-hybridized carbons (Fsp3) is 0.381. The van der Waals surface area contributed by atoms with Crippen molar-refractivity contribution in [3.63, 3.8) is 0 Å². The molecule has 2 nitrogen and oxygen atoms in total. The fourth-order valence-corrected chi connectivity index (χ4v) is 3.31. The normalized spacial score (nSPS) is 12.5. The van der Waals surface area contributed by atoms with Crippen molar-refractivity contribution in [1.82, 2.24) is 0 Å². The zero-order valence-corrected chi connectivity index (χ0v) is 15.7. The average Bonchev–Trinajstić information content (AvgIpc) is 2.49. The SMILES string of the molecule is Cc1cc(C(C)Cc2cc(C)c(C(C)C)cc2C(=O)O)ccc1Cl. The van der Waals surface area contributed by atoms with Gasteiger partial charge in [0.05, 0.1) is 5.56 Å². The highest BCUT2D eigenvalue weighted by atomic mass is 35.5. The second-order valence-electron chi connectivity index (χ2n) is 6.94. The van der Waals surface area contributed by atoms with Gasteiger partial charge in [-0.1, -0.05) is 50.6 Å². The standard InChI is InChI=1S/C21H25ClO2/c1-12(2)18-11-19(21(23)24)17(9-14(18)4)8-13(3)16-6-7-20(22)15(5)10-16/h6-7,9-13H,8H2,1-5H3,(H,23,24). The Hall–Kier alpha value is -1.80. The van der Waals surface area contributed by atoms with E-state index >= 15 is 0 Å². The van der Waals surface area contributed by atoms with Gasteiger partial charge in [0, 0.05) is 5.02 Å². The van der Waals surface area contributed by atoms with Crippen LogP contribution in [0.5, 0.6) is 0 Å². The van der Waals surface area contributed by atoms with Gasteiger partial charge in [0.1, 0.15) is 0 Å². The van der Waals surface area contributed by atoms with Crippen LogP contribution >= 0.6 is 11.6 Å². The Kier molecular flexibility index (Phi) is 5.71. The molecule has 1 atom stereocenters. The highest BCUT2D eigenvalue weighted by Gasteiger charge is 2.18. The van der Waals surface area contributed by atoms with Crippen LogP contribution in [0.2, 0.25) is 5.02 Å². The number of hydrogen-bond donors (Lipinski definition) is 1. The molecule has 24 heavy (non-hydrogen) atoms. The van der Waals surface area contributed by atoms with E-state index in [1.54, 1.807) is 0 Å². The lowest BCUT2D eigenvalue weighted by Gasteiger charge is -2.18. The molecule has 0 amide bonds. The average molecular weight is 345 g/mol. The quantitative estimate of drug-likeness (QED) is 0.708. The molecule has 3 heteroatoms. The van der Waals surface area contributed by atoms with Crippen molar-refractivity contribution < 1.29 is 9.90 Å². The van der Waals surface area contributed by atoms with E-state index in [1.165, 1.54) is 5.56 Å². The van der Waals surface area contributed by atoms with E-state index in [2.05, 4.69) is 33.8 Å². The minimum atomic E-state index is -0.855. The molecule has 0 aromatic heterocycles. The summed E-state index contributed by atoms with van der Waals surface area (Å²) in [6, 6.07) is 9.90. The Balaban J connectivity index is 2.39. The molecule has 0 bridgehead atoms. The van der Waals surface area contributed by atoms with Crippen LogP contribution in [0, 0.1) is 13.8 Å². The summed E-state index contributed by atoms with van der Waals surface area (Å²) < 4.78 is 0. The number of benzene rings is 2. The van der Waals surface area contributed by atoms with Gasteiger partial charge in [0.15, 0.2) is 0 Å². The molecule has 0 aliphatic rings. The summed E-state index contributed by atoms with van der Waals surface area (Å²) in [5, 5.41) is 10.4. The number of aromatic carboxylic acids is 1. The zero-order chi connectivity index (χ0) is 18.0. The van der Waals surface area contributed by atoms with E-state index in [0.29, 0.717) is 17.9 Å². The van der Waals surface area contributed by atoms with Crippen LogP contribution in [-0.2, 0) is 6.42 Å². The van der Waals surface area contributed by atoms with Gasteiger partial charge in [-0.15, -0.1) is 0 Å². The Bertz CT molecular complexity index is 763. The van der Waals surface area contributed by atoms with Crippen molar-refractivity contribution >= 4 is 17.6 Å². The summed E-state index contributed by atoms with van der Waals surface area (Å²) in [5.41, 5.74) is 5.80. The molecule has 0 saturated carbocycles. The largest absolute Gasteiger partial charge is 0.478 e. The van der Waals surface area contributed by atoms with Crippen molar-refractivity contribution in [2.75, 3.05) is 0 Å². The molecule has 0 fully saturated rings. The van der Waals surface area contributed by atoms with E-state index in [4.69, 9.17) is 11.6 Å². The minimum absolute atomic E-state index is 0.225. The lowest BCUT2D eigenvalue weighted by molar-refractivity contribution is 0.0695. The predicted molar refractivity (Wildman–Crippen MR) is 101 cm³/mol. The number of hydrogen-bond acceptors (Lipinski definition) is 1. The summed E-state index contributed by atoms with van der Waals surface area (Å²) in [6.07, 6.45) is 0.696.